The highest BCUT2D eigenvalue weighted by Crippen LogP contribution is 2.37. The molecule has 0 bridgehead atoms. The van der Waals surface area contributed by atoms with Crippen LogP contribution in [0.1, 0.15) is 13.8 Å². The maximum Gasteiger partial charge on any atom is 0.203 e. The van der Waals surface area contributed by atoms with E-state index in [1.54, 1.807) is 14.2 Å². The van der Waals surface area contributed by atoms with E-state index in [0.717, 1.165) is 5.33 Å². The van der Waals surface area contributed by atoms with Gasteiger partial charge >= 0.3 is 0 Å². The Kier molecular flexibility index (Phi) is 5.12. The van der Waals surface area contributed by atoms with Gasteiger partial charge in [0.2, 0.25) is 5.75 Å². The molecule has 0 fully saturated rings. The van der Waals surface area contributed by atoms with Gasteiger partial charge in [0.15, 0.2) is 11.5 Å². The van der Waals surface area contributed by atoms with Gasteiger partial charge in [-0.1, -0.05) is 35.8 Å². The van der Waals surface area contributed by atoms with Gasteiger partial charge in [-0.2, -0.15) is 0 Å². The molecule has 0 amide bonds. The molecule has 0 unspecified atom stereocenters. The van der Waals surface area contributed by atoms with Gasteiger partial charge in [-0.25, -0.2) is 0 Å². The topological polar surface area (TPSA) is 27.7 Å². The summed E-state index contributed by atoms with van der Waals surface area (Å²) < 4.78 is 16.4. The molecule has 3 nitrogen and oxygen atoms in total. The summed E-state index contributed by atoms with van der Waals surface area (Å²) in [6.45, 7) is 4.85. The van der Waals surface area contributed by atoms with E-state index in [1.807, 2.05) is 18.2 Å². The second kappa shape index (κ2) is 6.15. The van der Waals surface area contributed by atoms with Gasteiger partial charge in [-0.15, -0.1) is 0 Å². The Bertz CT molecular complexity index is 341. The molecule has 0 aliphatic heterocycles. The monoisotopic (exact) mass is 302 g/mol. The molecule has 0 aliphatic carbocycles. The fourth-order valence-corrected chi connectivity index (χ4v) is 1.43. The lowest BCUT2D eigenvalue weighted by atomic mass is 9.98. The van der Waals surface area contributed by atoms with Gasteiger partial charge in [0.1, 0.15) is 0 Å². The van der Waals surface area contributed by atoms with Crippen molar-refractivity contribution < 1.29 is 14.2 Å². The van der Waals surface area contributed by atoms with E-state index in [9.17, 15) is 0 Å². The fraction of sp³-hybridized carbons (Fsp3) is 0.538. The largest absolute Gasteiger partial charge is 0.493 e. The zero-order valence-corrected chi connectivity index (χ0v) is 12.3. The number of methoxy groups -OCH3 is 2. The molecule has 0 aliphatic rings. The molecule has 17 heavy (non-hydrogen) atoms. The zero-order valence-electron chi connectivity index (χ0n) is 10.7. The normalized spacial score (nSPS) is 11.1. The smallest absolute Gasteiger partial charge is 0.203 e. The summed E-state index contributed by atoms with van der Waals surface area (Å²) in [4.78, 5) is 0. The Morgan fingerprint density at radius 3 is 2.06 bits per heavy atom. The van der Waals surface area contributed by atoms with Crippen molar-refractivity contribution in [3.8, 4) is 17.2 Å². The Balaban J connectivity index is 2.88. The highest BCUT2D eigenvalue weighted by atomic mass is 79.9. The maximum absolute atomic E-state index is 5.83. The first-order chi connectivity index (χ1) is 8.04. The van der Waals surface area contributed by atoms with Crippen molar-refractivity contribution in [2.24, 2.45) is 5.41 Å². The van der Waals surface area contributed by atoms with E-state index in [2.05, 4.69) is 29.8 Å². The Hall–Kier alpha value is -0.900. The summed E-state index contributed by atoms with van der Waals surface area (Å²) in [7, 11) is 3.24. The van der Waals surface area contributed by atoms with Crippen LogP contribution in [0.4, 0.5) is 0 Å². The van der Waals surface area contributed by atoms with Crippen molar-refractivity contribution >= 4 is 15.9 Å². The molecule has 0 spiro atoms. The van der Waals surface area contributed by atoms with Crippen molar-refractivity contribution in [2.75, 3.05) is 26.2 Å². The van der Waals surface area contributed by atoms with E-state index in [4.69, 9.17) is 14.2 Å². The van der Waals surface area contributed by atoms with Crippen LogP contribution in [-0.2, 0) is 0 Å². The summed E-state index contributed by atoms with van der Waals surface area (Å²) in [6, 6.07) is 5.60. The number of para-hydroxylation sites is 1. The molecule has 0 N–H and O–H groups in total. The Morgan fingerprint density at radius 1 is 1.12 bits per heavy atom. The van der Waals surface area contributed by atoms with Gasteiger partial charge in [0.05, 0.1) is 20.8 Å². The van der Waals surface area contributed by atoms with Crippen LogP contribution in [0, 0.1) is 5.41 Å². The molecule has 0 saturated heterocycles. The average Bonchev–Trinajstić information content (AvgIpc) is 2.35. The minimum absolute atomic E-state index is 0.0614. The lowest BCUT2D eigenvalue weighted by molar-refractivity contribution is 0.189. The molecule has 96 valence electrons. The first-order valence-electron chi connectivity index (χ1n) is 5.44. The van der Waals surface area contributed by atoms with Crippen molar-refractivity contribution in [3.05, 3.63) is 18.2 Å². The van der Waals surface area contributed by atoms with Gasteiger partial charge < -0.3 is 14.2 Å². The lowest BCUT2D eigenvalue weighted by Gasteiger charge is -2.23. The van der Waals surface area contributed by atoms with Crippen LogP contribution in [0.25, 0.3) is 0 Å². The summed E-state index contributed by atoms with van der Waals surface area (Å²) in [5.74, 6) is 2.04. The predicted octanol–water partition coefficient (Wildman–Crippen LogP) is 3.50. The summed E-state index contributed by atoms with van der Waals surface area (Å²) in [6.07, 6.45) is 0. The van der Waals surface area contributed by atoms with Crippen LogP contribution < -0.4 is 14.2 Å². The van der Waals surface area contributed by atoms with Crippen LogP contribution in [0.15, 0.2) is 18.2 Å². The number of hydrogen-bond donors (Lipinski definition) is 0. The molecule has 0 heterocycles. The number of alkyl halides is 1. The summed E-state index contributed by atoms with van der Waals surface area (Å²) >= 11 is 3.47. The van der Waals surface area contributed by atoms with E-state index in [-0.39, 0.29) is 5.41 Å². The number of rotatable bonds is 6. The van der Waals surface area contributed by atoms with Crippen molar-refractivity contribution in [1.29, 1.82) is 0 Å². The zero-order chi connectivity index (χ0) is 12.9. The first kappa shape index (κ1) is 14.2. The van der Waals surface area contributed by atoms with Crippen LogP contribution in [0.5, 0.6) is 17.2 Å². The average molecular weight is 303 g/mol. The highest BCUT2D eigenvalue weighted by molar-refractivity contribution is 9.09. The molecule has 0 atom stereocenters. The van der Waals surface area contributed by atoms with E-state index < -0.39 is 0 Å². The molecular weight excluding hydrogens is 284 g/mol. The minimum Gasteiger partial charge on any atom is -0.493 e. The van der Waals surface area contributed by atoms with E-state index >= 15 is 0 Å². The third kappa shape index (κ3) is 3.80. The van der Waals surface area contributed by atoms with E-state index in [1.165, 1.54) is 0 Å². The SMILES string of the molecule is COc1cccc(OC)c1OCC(C)(C)CBr. The molecule has 1 aromatic rings. The maximum atomic E-state index is 5.83. The van der Waals surface area contributed by atoms with Gasteiger partial charge in [-0.05, 0) is 12.1 Å². The third-order valence-electron chi connectivity index (χ3n) is 2.35. The van der Waals surface area contributed by atoms with Crippen LogP contribution in [0.3, 0.4) is 0 Å². The van der Waals surface area contributed by atoms with Crippen molar-refractivity contribution in [2.45, 2.75) is 13.8 Å². The van der Waals surface area contributed by atoms with Crippen LogP contribution in [-0.4, -0.2) is 26.2 Å². The van der Waals surface area contributed by atoms with E-state index in [0.29, 0.717) is 23.9 Å². The standard InChI is InChI=1S/C13H19BrO3/c1-13(2,8-14)9-17-12-10(15-3)6-5-7-11(12)16-4/h5-7H,8-9H2,1-4H3. The number of hydrogen-bond acceptors (Lipinski definition) is 3. The first-order valence-corrected chi connectivity index (χ1v) is 6.56. The molecule has 4 heteroatoms. The quantitative estimate of drug-likeness (QED) is 0.753. The fourth-order valence-electron chi connectivity index (χ4n) is 1.27. The van der Waals surface area contributed by atoms with Gasteiger partial charge in [0.25, 0.3) is 0 Å². The van der Waals surface area contributed by atoms with Gasteiger partial charge in [0, 0.05) is 10.7 Å². The molecule has 1 aromatic carbocycles. The Morgan fingerprint density at radius 2 is 1.65 bits per heavy atom. The molecule has 0 aromatic heterocycles. The Labute approximate surface area is 111 Å². The van der Waals surface area contributed by atoms with Crippen LogP contribution in [0.2, 0.25) is 0 Å². The number of benzene rings is 1. The highest BCUT2D eigenvalue weighted by Gasteiger charge is 2.20. The lowest BCUT2D eigenvalue weighted by Crippen LogP contribution is -2.23. The molecule has 0 saturated carbocycles. The molecule has 0 radical (unpaired) electrons. The van der Waals surface area contributed by atoms with Gasteiger partial charge in [-0.3, -0.25) is 0 Å². The van der Waals surface area contributed by atoms with Crippen LogP contribution >= 0.6 is 15.9 Å². The summed E-state index contributed by atoms with van der Waals surface area (Å²) in [5, 5.41) is 0.872. The second-order valence-electron chi connectivity index (χ2n) is 4.58. The second-order valence-corrected chi connectivity index (χ2v) is 5.14. The third-order valence-corrected chi connectivity index (χ3v) is 3.87. The van der Waals surface area contributed by atoms with Crippen molar-refractivity contribution in [3.63, 3.8) is 0 Å². The summed E-state index contributed by atoms with van der Waals surface area (Å²) in [5.41, 5.74) is 0.0614. The van der Waals surface area contributed by atoms with Crippen molar-refractivity contribution in [1.82, 2.24) is 0 Å². The molecular formula is C13H19BrO3. The predicted molar refractivity (Wildman–Crippen MR) is 72.6 cm³/mol. The number of ether oxygens (including phenoxy) is 3. The minimum atomic E-state index is 0.0614. The molecule has 1 rings (SSSR count). The number of halogens is 1.